The topological polar surface area (TPSA) is 86.9 Å². The Morgan fingerprint density at radius 3 is 2.68 bits per heavy atom. The fraction of sp³-hybridized carbons (Fsp3) is 0.0500. The number of aromatic nitrogens is 3. The maximum Gasteiger partial charge on any atom is 0.282 e. The first kappa shape index (κ1) is 17.0. The molecule has 0 aliphatic heterocycles. The molecular weight excluding hydrogens is 392 g/mol. The third-order valence-corrected chi connectivity index (χ3v) is 6.16. The molecule has 0 spiro atoms. The van der Waals surface area contributed by atoms with E-state index < -0.39 is 0 Å². The number of oxazole rings is 1. The minimum Gasteiger partial charge on any atom is -0.440 e. The molecule has 2 N–H and O–H groups in total. The van der Waals surface area contributed by atoms with Gasteiger partial charge in [0, 0.05) is 10.9 Å². The maximum absolute atomic E-state index is 12.9. The van der Waals surface area contributed by atoms with Crippen molar-refractivity contribution in [3.63, 3.8) is 0 Å². The second-order valence-electron chi connectivity index (χ2n) is 6.13. The van der Waals surface area contributed by atoms with E-state index in [1.54, 1.807) is 0 Å². The molecule has 0 saturated carbocycles. The average molecular weight is 406 g/mol. The van der Waals surface area contributed by atoms with Gasteiger partial charge in [-0.15, -0.1) is 11.3 Å². The first-order valence-corrected chi connectivity index (χ1v) is 10.4. The van der Waals surface area contributed by atoms with Crippen LogP contribution < -0.4 is 11.4 Å². The van der Waals surface area contributed by atoms with Crippen molar-refractivity contribution in [3.8, 4) is 11.1 Å². The van der Waals surface area contributed by atoms with Crippen LogP contribution in [0.25, 0.3) is 32.4 Å². The van der Waals surface area contributed by atoms with E-state index in [0.717, 1.165) is 26.9 Å². The van der Waals surface area contributed by atoms with Crippen molar-refractivity contribution in [2.24, 2.45) is 0 Å². The highest BCUT2D eigenvalue weighted by atomic mass is 32.2. The van der Waals surface area contributed by atoms with Gasteiger partial charge in [-0.3, -0.25) is 4.79 Å². The largest absolute Gasteiger partial charge is 0.440 e. The molecule has 0 aliphatic carbocycles. The molecule has 28 heavy (non-hydrogen) atoms. The van der Waals surface area contributed by atoms with Gasteiger partial charge in [-0.2, -0.15) is 0 Å². The van der Waals surface area contributed by atoms with Crippen molar-refractivity contribution < 1.29 is 4.42 Å². The molecule has 0 aliphatic rings. The Morgan fingerprint density at radius 1 is 1.07 bits per heavy atom. The predicted molar refractivity (Wildman–Crippen MR) is 113 cm³/mol. The van der Waals surface area contributed by atoms with Crippen LogP contribution in [-0.2, 0) is 5.75 Å². The smallest absolute Gasteiger partial charge is 0.282 e. The van der Waals surface area contributed by atoms with Gasteiger partial charge in [0.15, 0.2) is 10.7 Å². The Labute approximate surface area is 167 Å². The van der Waals surface area contributed by atoms with Gasteiger partial charge in [0.1, 0.15) is 10.3 Å². The lowest BCUT2D eigenvalue weighted by molar-refractivity contribution is 0.555. The van der Waals surface area contributed by atoms with Crippen LogP contribution in [0.4, 0.5) is 0 Å². The highest BCUT2D eigenvalue weighted by Crippen LogP contribution is 2.32. The van der Waals surface area contributed by atoms with E-state index in [0.29, 0.717) is 27.0 Å². The summed E-state index contributed by atoms with van der Waals surface area (Å²) in [6.45, 7) is 0. The normalized spacial score (nSPS) is 11.4. The molecule has 8 heteroatoms. The van der Waals surface area contributed by atoms with Gasteiger partial charge in [-0.05, 0) is 17.7 Å². The highest BCUT2D eigenvalue weighted by Gasteiger charge is 2.17. The van der Waals surface area contributed by atoms with Gasteiger partial charge in [-0.1, -0.05) is 54.2 Å². The molecule has 6 nitrogen and oxygen atoms in total. The van der Waals surface area contributed by atoms with Crippen molar-refractivity contribution in [2.45, 2.75) is 10.9 Å². The van der Waals surface area contributed by atoms with Gasteiger partial charge in [0.2, 0.25) is 5.89 Å². The number of thiophene rings is 1. The summed E-state index contributed by atoms with van der Waals surface area (Å²) in [6, 6.07) is 17.3. The summed E-state index contributed by atoms with van der Waals surface area (Å²) >= 11 is 2.77. The quantitative estimate of drug-likeness (QED) is 0.272. The van der Waals surface area contributed by atoms with E-state index in [-0.39, 0.29) is 5.56 Å². The van der Waals surface area contributed by atoms with Crippen LogP contribution in [0.3, 0.4) is 0 Å². The van der Waals surface area contributed by atoms with Crippen molar-refractivity contribution in [2.75, 3.05) is 5.84 Å². The van der Waals surface area contributed by atoms with Gasteiger partial charge < -0.3 is 10.3 Å². The molecule has 2 aromatic carbocycles. The van der Waals surface area contributed by atoms with Crippen LogP contribution in [0, 0.1) is 0 Å². The number of nitrogens with two attached hydrogens (primary N) is 1. The molecule has 5 aromatic rings. The van der Waals surface area contributed by atoms with Gasteiger partial charge in [0.05, 0.1) is 11.1 Å². The minimum absolute atomic E-state index is 0.259. The number of thioether (sulfide) groups is 1. The molecule has 0 unspecified atom stereocenters. The predicted octanol–water partition coefficient (Wildman–Crippen LogP) is 4.27. The molecule has 3 heterocycles. The van der Waals surface area contributed by atoms with Crippen LogP contribution in [-0.4, -0.2) is 14.6 Å². The summed E-state index contributed by atoms with van der Waals surface area (Å²) in [7, 11) is 0. The van der Waals surface area contributed by atoms with E-state index in [1.165, 1.54) is 23.1 Å². The summed E-state index contributed by atoms with van der Waals surface area (Å²) in [6.07, 6.45) is 0. The van der Waals surface area contributed by atoms with E-state index in [9.17, 15) is 4.79 Å². The lowest BCUT2D eigenvalue weighted by Gasteiger charge is -2.06. The third kappa shape index (κ3) is 2.87. The first-order chi connectivity index (χ1) is 13.7. The van der Waals surface area contributed by atoms with Gasteiger partial charge >= 0.3 is 0 Å². The molecule has 0 atom stereocenters. The number of nitrogen functional groups attached to an aromatic ring is 1. The lowest BCUT2D eigenvalue weighted by Crippen LogP contribution is -2.29. The molecule has 0 saturated heterocycles. The molecule has 0 amide bonds. The standard InChI is InChI=1S/C20H14N4O2S2/c21-24-19(25)17-13(12-6-2-1-3-7-12)10-27-18(17)23-20(24)28-11-16-22-14-8-4-5-9-15(14)26-16/h1-10H,11,21H2. The van der Waals surface area contributed by atoms with E-state index >= 15 is 0 Å². The van der Waals surface area contributed by atoms with E-state index in [4.69, 9.17) is 10.3 Å². The van der Waals surface area contributed by atoms with Crippen LogP contribution in [0.5, 0.6) is 0 Å². The number of fused-ring (bicyclic) bond motifs is 2. The second-order valence-corrected chi connectivity index (χ2v) is 7.93. The zero-order chi connectivity index (χ0) is 19.1. The van der Waals surface area contributed by atoms with Crippen LogP contribution >= 0.6 is 23.1 Å². The fourth-order valence-corrected chi connectivity index (χ4v) is 4.77. The van der Waals surface area contributed by atoms with E-state index in [1.807, 2.05) is 60.0 Å². The Hall–Kier alpha value is -3.10. The number of para-hydroxylation sites is 2. The summed E-state index contributed by atoms with van der Waals surface area (Å²) in [5.74, 6) is 7.07. The van der Waals surface area contributed by atoms with Crippen molar-refractivity contribution in [1.29, 1.82) is 0 Å². The lowest BCUT2D eigenvalue weighted by atomic mass is 10.1. The Bertz CT molecular complexity index is 1320. The second kappa shape index (κ2) is 6.81. The molecule has 0 fully saturated rings. The average Bonchev–Trinajstić information content (AvgIpc) is 3.34. The molecule has 0 bridgehead atoms. The van der Waals surface area contributed by atoms with Crippen LogP contribution in [0.1, 0.15) is 5.89 Å². The number of benzene rings is 2. The van der Waals surface area contributed by atoms with Gasteiger partial charge in [0.25, 0.3) is 5.56 Å². The van der Waals surface area contributed by atoms with Crippen molar-refractivity contribution in [3.05, 3.63) is 76.2 Å². The van der Waals surface area contributed by atoms with Crippen LogP contribution in [0.15, 0.2) is 74.3 Å². The molecule has 0 radical (unpaired) electrons. The molecule has 3 aromatic heterocycles. The zero-order valence-corrected chi connectivity index (χ0v) is 16.2. The first-order valence-electron chi connectivity index (χ1n) is 8.53. The summed E-state index contributed by atoms with van der Waals surface area (Å²) in [5.41, 5.74) is 3.10. The highest BCUT2D eigenvalue weighted by molar-refractivity contribution is 7.98. The summed E-state index contributed by atoms with van der Waals surface area (Å²) < 4.78 is 6.83. The Morgan fingerprint density at radius 2 is 1.86 bits per heavy atom. The summed E-state index contributed by atoms with van der Waals surface area (Å²) in [5, 5.41) is 2.93. The fourth-order valence-electron chi connectivity index (χ4n) is 3.02. The number of nitrogens with zero attached hydrogens (tertiary/aromatic N) is 3. The SMILES string of the molecule is Nn1c(SCc2nc3ccccc3o2)nc2scc(-c3ccccc3)c2c1=O. The van der Waals surface area contributed by atoms with Crippen molar-refractivity contribution in [1.82, 2.24) is 14.6 Å². The van der Waals surface area contributed by atoms with Crippen LogP contribution in [0.2, 0.25) is 0 Å². The minimum atomic E-state index is -0.259. The third-order valence-electron chi connectivity index (χ3n) is 4.36. The zero-order valence-electron chi connectivity index (χ0n) is 14.5. The van der Waals surface area contributed by atoms with E-state index in [2.05, 4.69) is 9.97 Å². The van der Waals surface area contributed by atoms with Crippen molar-refractivity contribution >= 4 is 44.4 Å². The number of hydrogen-bond donors (Lipinski definition) is 1. The van der Waals surface area contributed by atoms with Gasteiger partial charge in [-0.25, -0.2) is 14.6 Å². The maximum atomic E-state index is 12.9. The number of rotatable bonds is 4. The molecular formula is C20H14N4O2S2. The Kier molecular flexibility index (Phi) is 4.14. The Balaban J connectivity index is 1.50. The number of hydrogen-bond acceptors (Lipinski definition) is 7. The molecule has 5 rings (SSSR count). The summed E-state index contributed by atoms with van der Waals surface area (Å²) in [4.78, 5) is 22.6. The molecule has 138 valence electrons. The monoisotopic (exact) mass is 406 g/mol.